The fraction of sp³-hybridized carbons (Fsp3) is 0.300. The molecule has 4 rings (SSSR count). The number of halogens is 1. The van der Waals surface area contributed by atoms with E-state index in [9.17, 15) is 4.79 Å². The third-order valence-corrected chi connectivity index (χ3v) is 5.21. The molecular weight excluding hydrogens is 408 g/mol. The summed E-state index contributed by atoms with van der Waals surface area (Å²) in [5.41, 5.74) is 4.30. The lowest BCUT2D eigenvalue weighted by Gasteiger charge is -2.28. The van der Waals surface area contributed by atoms with E-state index in [0.717, 1.165) is 42.0 Å². The highest BCUT2D eigenvalue weighted by Crippen LogP contribution is 2.18. The number of fused-ring (bicyclic) bond motifs is 1. The number of amides is 1. The Morgan fingerprint density at radius 1 is 1.19 bits per heavy atom. The van der Waals surface area contributed by atoms with Gasteiger partial charge in [-0.2, -0.15) is 0 Å². The van der Waals surface area contributed by atoms with E-state index in [1.807, 2.05) is 29.7 Å². The zero-order chi connectivity index (χ0) is 18.8. The van der Waals surface area contributed by atoms with Gasteiger partial charge in [0.05, 0.1) is 18.9 Å². The molecule has 27 heavy (non-hydrogen) atoms. The number of aryl methyl sites for hydroxylation is 1. The first-order valence-corrected chi connectivity index (χ1v) is 9.75. The van der Waals surface area contributed by atoms with Gasteiger partial charge in [0.15, 0.2) is 0 Å². The van der Waals surface area contributed by atoms with E-state index in [4.69, 9.17) is 4.74 Å². The molecule has 1 fully saturated rings. The second-order valence-electron chi connectivity index (χ2n) is 6.57. The molecule has 0 bridgehead atoms. The summed E-state index contributed by atoms with van der Waals surface area (Å²) < 4.78 is 8.11. The largest absolute Gasteiger partial charge is 0.378 e. The SMILES string of the molecule is Cc1nc2ccc(Br)cn2c1C(=O)NCc1ccc(N2CCOCC2)cc1. The molecule has 7 heteroatoms. The van der Waals surface area contributed by atoms with Crippen molar-refractivity contribution < 1.29 is 9.53 Å². The zero-order valence-corrected chi connectivity index (χ0v) is 16.7. The maximum atomic E-state index is 12.7. The minimum absolute atomic E-state index is 0.129. The van der Waals surface area contributed by atoms with Crippen LogP contribution >= 0.6 is 15.9 Å². The first-order valence-electron chi connectivity index (χ1n) is 8.96. The number of ether oxygens (including phenoxy) is 1. The highest BCUT2D eigenvalue weighted by molar-refractivity contribution is 9.10. The maximum Gasteiger partial charge on any atom is 0.270 e. The molecule has 0 aliphatic carbocycles. The number of carbonyl (C=O) groups is 1. The van der Waals surface area contributed by atoms with Crippen LogP contribution in [0.15, 0.2) is 47.1 Å². The van der Waals surface area contributed by atoms with Crippen molar-refractivity contribution in [2.45, 2.75) is 13.5 Å². The maximum absolute atomic E-state index is 12.7. The van der Waals surface area contributed by atoms with Crippen LogP contribution in [0.3, 0.4) is 0 Å². The molecule has 0 saturated carbocycles. The van der Waals surface area contributed by atoms with Gasteiger partial charge >= 0.3 is 0 Å². The van der Waals surface area contributed by atoms with Crippen molar-refractivity contribution in [3.05, 3.63) is 64.0 Å². The first kappa shape index (κ1) is 18.0. The van der Waals surface area contributed by atoms with Gasteiger partial charge in [-0.1, -0.05) is 12.1 Å². The second-order valence-corrected chi connectivity index (χ2v) is 7.49. The molecule has 0 radical (unpaired) electrons. The van der Waals surface area contributed by atoms with Crippen molar-refractivity contribution in [2.75, 3.05) is 31.2 Å². The standard InChI is InChI=1S/C20H21BrN4O2/c1-14-19(25-13-16(21)4-7-18(25)23-14)20(26)22-12-15-2-5-17(6-3-15)24-8-10-27-11-9-24/h2-7,13H,8-12H2,1H3,(H,22,26). The van der Waals surface area contributed by atoms with Crippen LogP contribution < -0.4 is 10.2 Å². The number of hydrogen-bond donors (Lipinski definition) is 1. The van der Waals surface area contributed by atoms with Gasteiger partial charge in [-0.15, -0.1) is 0 Å². The molecule has 1 aromatic carbocycles. The molecule has 3 aromatic rings. The Morgan fingerprint density at radius 3 is 2.67 bits per heavy atom. The Morgan fingerprint density at radius 2 is 1.93 bits per heavy atom. The van der Waals surface area contributed by atoms with Crippen molar-refractivity contribution in [1.29, 1.82) is 0 Å². The predicted octanol–water partition coefficient (Wildman–Crippen LogP) is 3.17. The quantitative estimate of drug-likeness (QED) is 0.693. The monoisotopic (exact) mass is 428 g/mol. The van der Waals surface area contributed by atoms with E-state index in [1.54, 1.807) is 0 Å². The van der Waals surface area contributed by atoms with Crippen molar-refractivity contribution in [3.63, 3.8) is 0 Å². The van der Waals surface area contributed by atoms with Crippen molar-refractivity contribution >= 4 is 33.2 Å². The fourth-order valence-electron chi connectivity index (χ4n) is 3.32. The molecule has 1 aliphatic rings. The molecule has 1 N–H and O–H groups in total. The van der Waals surface area contributed by atoms with E-state index in [2.05, 4.69) is 55.4 Å². The Bertz CT molecular complexity index is 962. The average Bonchev–Trinajstić information content (AvgIpc) is 3.02. The Kier molecular flexibility index (Phi) is 5.13. The summed E-state index contributed by atoms with van der Waals surface area (Å²) in [5.74, 6) is -0.129. The lowest BCUT2D eigenvalue weighted by molar-refractivity contribution is 0.0944. The number of morpholine rings is 1. The highest BCUT2D eigenvalue weighted by atomic mass is 79.9. The number of carbonyl (C=O) groups excluding carboxylic acids is 1. The summed E-state index contributed by atoms with van der Waals surface area (Å²) >= 11 is 3.45. The van der Waals surface area contributed by atoms with Crippen LogP contribution in [0, 0.1) is 6.92 Å². The molecule has 6 nitrogen and oxygen atoms in total. The number of pyridine rings is 1. The average molecular weight is 429 g/mol. The van der Waals surface area contributed by atoms with E-state index >= 15 is 0 Å². The molecule has 0 atom stereocenters. The van der Waals surface area contributed by atoms with Gasteiger partial charge in [0.25, 0.3) is 5.91 Å². The van der Waals surface area contributed by atoms with Gasteiger partial charge in [0, 0.05) is 36.0 Å². The van der Waals surface area contributed by atoms with Gasteiger partial charge in [-0.05, 0) is 52.7 Å². The van der Waals surface area contributed by atoms with Crippen LogP contribution in [0.5, 0.6) is 0 Å². The van der Waals surface area contributed by atoms with Gasteiger partial charge in [-0.25, -0.2) is 4.98 Å². The van der Waals surface area contributed by atoms with E-state index in [-0.39, 0.29) is 5.91 Å². The van der Waals surface area contributed by atoms with Crippen LogP contribution in [0.4, 0.5) is 5.69 Å². The summed E-state index contributed by atoms with van der Waals surface area (Å²) in [5, 5.41) is 3.00. The Hall–Kier alpha value is -2.38. The molecule has 1 amide bonds. The summed E-state index contributed by atoms with van der Waals surface area (Å²) in [7, 11) is 0. The summed E-state index contributed by atoms with van der Waals surface area (Å²) in [6.07, 6.45) is 1.86. The lowest BCUT2D eigenvalue weighted by Crippen LogP contribution is -2.36. The number of anilines is 1. The lowest BCUT2D eigenvalue weighted by atomic mass is 10.2. The molecular formula is C20H21BrN4O2. The summed E-state index contributed by atoms with van der Waals surface area (Å²) in [6, 6.07) is 12.1. The van der Waals surface area contributed by atoms with Gasteiger partial charge in [0.1, 0.15) is 11.3 Å². The minimum atomic E-state index is -0.129. The molecule has 140 valence electrons. The van der Waals surface area contributed by atoms with Crippen molar-refractivity contribution in [1.82, 2.24) is 14.7 Å². The third kappa shape index (κ3) is 3.84. The van der Waals surface area contributed by atoms with Crippen molar-refractivity contribution in [3.8, 4) is 0 Å². The topological polar surface area (TPSA) is 58.9 Å². The van der Waals surface area contributed by atoms with E-state index in [1.165, 1.54) is 5.69 Å². The van der Waals surface area contributed by atoms with Crippen LogP contribution in [0.2, 0.25) is 0 Å². The van der Waals surface area contributed by atoms with Crippen LogP contribution in [0.1, 0.15) is 21.7 Å². The summed E-state index contributed by atoms with van der Waals surface area (Å²) in [4.78, 5) is 19.5. The summed E-state index contributed by atoms with van der Waals surface area (Å²) in [6.45, 7) is 5.70. The first-order chi connectivity index (χ1) is 13.1. The molecule has 1 aliphatic heterocycles. The number of benzene rings is 1. The number of nitrogens with one attached hydrogen (secondary N) is 1. The Labute approximate surface area is 166 Å². The minimum Gasteiger partial charge on any atom is -0.378 e. The van der Waals surface area contributed by atoms with Crippen molar-refractivity contribution in [2.24, 2.45) is 0 Å². The number of aromatic nitrogens is 2. The van der Waals surface area contributed by atoms with Gasteiger partial charge < -0.3 is 15.0 Å². The zero-order valence-electron chi connectivity index (χ0n) is 15.1. The highest BCUT2D eigenvalue weighted by Gasteiger charge is 2.17. The molecule has 1 saturated heterocycles. The van der Waals surface area contributed by atoms with Gasteiger partial charge in [0.2, 0.25) is 0 Å². The smallest absolute Gasteiger partial charge is 0.270 e. The van der Waals surface area contributed by atoms with Gasteiger partial charge in [-0.3, -0.25) is 9.20 Å². The van der Waals surface area contributed by atoms with E-state index in [0.29, 0.717) is 17.9 Å². The van der Waals surface area contributed by atoms with Crippen LogP contribution in [0.25, 0.3) is 5.65 Å². The number of hydrogen-bond acceptors (Lipinski definition) is 4. The Balaban J connectivity index is 1.45. The number of rotatable bonds is 4. The third-order valence-electron chi connectivity index (χ3n) is 4.74. The van der Waals surface area contributed by atoms with Crippen LogP contribution in [-0.2, 0) is 11.3 Å². The number of nitrogens with zero attached hydrogens (tertiary/aromatic N) is 3. The molecule has 0 spiro atoms. The molecule has 2 aromatic heterocycles. The number of imidazole rings is 1. The molecule has 3 heterocycles. The van der Waals surface area contributed by atoms with Crippen LogP contribution in [-0.4, -0.2) is 41.6 Å². The fourth-order valence-corrected chi connectivity index (χ4v) is 3.66. The second kappa shape index (κ2) is 7.70. The predicted molar refractivity (Wildman–Crippen MR) is 108 cm³/mol. The normalized spacial score (nSPS) is 14.5. The van der Waals surface area contributed by atoms with E-state index < -0.39 is 0 Å². The molecule has 0 unspecified atom stereocenters.